The van der Waals surface area contributed by atoms with Gasteiger partial charge in [0.15, 0.2) is 5.82 Å². The largest absolute Gasteiger partial charge is 0.250 e. The van der Waals surface area contributed by atoms with Gasteiger partial charge in [-0.05, 0) is 30.4 Å². The maximum Gasteiger partial charge on any atom is 0.216 e. The third-order valence-corrected chi connectivity index (χ3v) is 4.49. The van der Waals surface area contributed by atoms with Crippen molar-refractivity contribution in [3.05, 3.63) is 67.9 Å². The van der Waals surface area contributed by atoms with Crippen molar-refractivity contribution < 1.29 is 0 Å². The maximum absolute atomic E-state index is 6.21. The minimum atomic E-state index is 0.342. The molecule has 0 aliphatic carbocycles. The van der Waals surface area contributed by atoms with Crippen molar-refractivity contribution >= 4 is 53.2 Å². The Morgan fingerprint density at radius 1 is 1.04 bits per heavy atom. The molecule has 0 spiro atoms. The van der Waals surface area contributed by atoms with Crippen LogP contribution in [0.1, 0.15) is 5.56 Å². The summed E-state index contributed by atoms with van der Waals surface area (Å²) < 4.78 is 1.82. The van der Waals surface area contributed by atoms with Crippen LogP contribution in [0.3, 0.4) is 0 Å². The quantitative estimate of drug-likeness (QED) is 0.483. The summed E-state index contributed by atoms with van der Waals surface area (Å²) in [5.74, 6) is 0.509. The normalized spacial score (nSPS) is 11.3. The average molecular weight is 384 g/mol. The number of hydrogen-bond donors (Lipinski definition) is 1. The number of nitrogens with zero attached hydrogens (tertiary/aromatic N) is 3. The molecule has 3 rings (SSSR count). The Kier molecular flexibility index (Phi) is 4.82. The van der Waals surface area contributed by atoms with Crippen LogP contribution in [0, 0.1) is 4.77 Å². The highest BCUT2D eigenvalue weighted by atomic mass is 35.5. The van der Waals surface area contributed by atoms with E-state index in [-0.39, 0.29) is 0 Å². The predicted octanol–water partition coefficient (Wildman–Crippen LogP) is 5.45. The Morgan fingerprint density at radius 2 is 1.78 bits per heavy atom. The van der Waals surface area contributed by atoms with E-state index in [1.54, 1.807) is 30.5 Å². The number of halogens is 3. The first-order chi connectivity index (χ1) is 11.1. The highest BCUT2D eigenvalue weighted by Crippen LogP contribution is 2.27. The first kappa shape index (κ1) is 16.2. The fourth-order valence-corrected chi connectivity index (χ4v) is 2.71. The Morgan fingerprint density at radius 3 is 2.57 bits per heavy atom. The van der Waals surface area contributed by atoms with Crippen LogP contribution in [-0.2, 0) is 0 Å². The van der Waals surface area contributed by atoms with Crippen molar-refractivity contribution in [3.8, 4) is 11.4 Å². The fourth-order valence-electron chi connectivity index (χ4n) is 1.96. The number of aromatic nitrogens is 3. The molecule has 0 aliphatic heterocycles. The standard InChI is InChI=1S/C15H9Cl3N4S/c16-11-6-2-1-5-10(11)14-20-21-15(23)22(14)19-8-9-4-3-7-12(17)13(9)18/h1-8H,(H,21,23)/b19-8-. The van der Waals surface area contributed by atoms with Gasteiger partial charge in [0.2, 0.25) is 4.77 Å². The van der Waals surface area contributed by atoms with Crippen LogP contribution >= 0.6 is 47.0 Å². The van der Waals surface area contributed by atoms with Gasteiger partial charge in [0, 0.05) is 11.1 Å². The summed E-state index contributed by atoms with van der Waals surface area (Å²) in [6.07, 6.45) is 1.57. The molecule has 23 heavy (non-hydrogen) atoms. The summed E-state index contributed by atoms with van der Waals surface area (Å²) in [4.78, 5) is 0. The molecule has 4 nitrogen and oxygen atoms in total. The molecule has 0 saturated carbocycles. The molecule has 0 radical (unpaired) electrons. The lowest BCUT2D eigenvalue weighted by atomic mass is 10.2. The minimum absolute atomic E-state index is 0.342. The highest BCUT2D eigenvalue weighted by molar-refractivity contribution is 7.71. The summed E-state index contributed by atoms with van der Waals surface area (Å²) in [6, 6.07) is 12.6. The van der Waals surface area contributed by atoms with Crippen LogP contribution in [0.25, 0.3) is 11.4 Å². The second-order valence-corrected chi connectivity index (χ2v) is 6.11. The van der Waals surface area contributed by atoms with Crippen molar-refractivity contribution in [1.29, 1.82) is 0 Å². The fraction of sp³-hybridized carbons (Fsp3) is 0. The Bertz CT molecular complexity index is 946. The molecule has 1 N–H and O–H groups in total. The first-order valence-electron chi connectivity index (χ1n) is 6.48. The van der Waals surface area contributed by atoms with Crippen molar-refractivity contribution in [2.45, 2.75) is 0 Å². The number of hydrogen-bond acceptors (Lipinski definition) is 3. The second kappa shape index (κ2) is 6.84. The summed E-state index contributed by atoms with van der Waals surface area (Å²) >= 11 is 23.6. The van der Waals surface area contributed by atoms with Crippen LogP contribution in [-0.4, -0.2) is 21.1 Å². The van der Waals surface area contributed by atoms with Crippen molar-refractivity contribution in [1.82, 2.24) is 14.9 Å². The van der Waals surface area contributed by atoms with E-state index in [1.165, 1.54) is 4.68 Å². The van der Waals surface area contributed by atoms with E-state index in [1.807, 2.05) is 18.2 Å². The molecular formula is C15H9Cl3N4S. The van der Waals surface area contributed by atoms with Gasteiger partial charge in [-0.1, -0.05) is 59.1 Å². The zero-order chi connectivity index (χ0) is 16.4. The predicted molar refractivity (Wildman–Crippen MR) is 97.3 cm³/mol. The van der Waals surface area contributed by atoms with E-state index in [0.717, 1.165) is 5.56 Å². The molecule has 0 aliphatic rings. The zero-order valence-electron chi connectivity index (χ0n) is 11.5. The van der Waals surface area contributed by atoms with Gasteiger partial charge in [0.25, 0.3) is 0 Å². The van der Waals surface area contributed by atoms with E-state index in [4.69, 9.17) is 47.0 Å². The van der Waals surface area contributed by atoms with Crippen molar-refractivity contribution in [3.63, 3.8) is 0 Å². The van der Waals surface area contributed by atoms with E-state index in [2.05, 4.69) is 15.3 Å². The van der Waals surface area contributed by atoms with Gasteiger partial charge >= 0.3 is 0 Å². The van der Waals surface area contributed by atoms with Gasteiger partial charge < -0.3 is 0 Å². The van der Waals surface area contributed by atoms with E-state index in [0.29, 0.717) is 31.2 Å². The monoisotopic (exact) mass is 382 g/mol. The Hall–Kier alpha value is -1.66. The summed E-state index contributed by atoms with van der Waals surface area (Å²) in [5, 5.41) is 12.7. The lowest BCUT2D eigenvalue weighted by molar-refractivity contribution is 0.871. The maximum atomic E-state index is 6.21. The third kappa shape index (κ3) is 3.33. The first-order valence-corrected chi connectivity index (χ1v) is 8.03. The molecular weight excluding hydrogens is 375 g/mol. The number of nitrogens with one attached hydrogen (secondary N) is 1. The van der Waals surface area contributed by atoms with Gasteiger partial charge in [0.1, 0.15) is 0 Å². The molecule has 0 saturated heterocycles. The SMILES string of the molecule is S=c1[nH]nc(-c2ccccc2Cl)n1/N=C\c1cccc(Cl)c1Cl. The van der Waals surface area contributed by atoms with E-state index in [9.17, 15) is 0 Å². The lowest BCUT2D eigenvalue weighted by Crippen LogP contribution is -1.96. The minimum Gasteiger partial charge on any atom is -0.250 e. The molecule has 2 aromatic carbocycles. The molecule has 0 fully saturated rings. The van der Waals surface area contributed by atoms with Crippen LogP contribution in [0.2, 0.25) is 15.1 Å². The van der Waals surface area contributed by atoms with Gasteiger partial charge in [-0.2, -0.15) is 14.9 Å². The van der Waals surface area contributed by atoms with E-state index < -0.39 is 0 Å². The van der Waals surface area contributed by atoms with Crippen LogP contribution in [0.5, 0.6) is 0 Å². The van der Waals surface area contributed by atoms with Gasteiger partial charge in [0.05, 0.1) is 21.3 Å². The van der Waals surface area contributed by atoms with Crippen LogP contribution < -0.4 is 0 Å². The topological polar surface area (TPSA) is 46.0 Å². The molecule has 1 heterocycles. The molecule has 0 amide bonds. The molecule has 116 valence electrons. The number of H-pyrrole nitrogens is 1. The Balaban J connectivity index is 2.07. The van der Waals surface area contributed by atoms with E-state index >= 15 is 0 Å². The summed E-state index contributed by atoms with van der Waals surface area (Å²) in [7, 11) is 0. The van der Waals surface area contributed by atoms with Gasteiger partial charge in [-0.15, -0.1) is 0 Å². The number of benzene rings is 2. The molecule has 0 bridgehead atoms. The van der Waals surface area contributed by atoms with Gasteiger partial charge in [-0.25, -0.2) is 5.10 Å². The molecule has 1 aromatic heterocycles. The third-order valence-electron chi connectivity index (χ3n) is 3.06. The number of aromatic amines is 1. The Labute approximate surface area is 152 Å². The molecule has 0 unspecified atom stereocenters. The van der Waals surface area contributed by atoms with Crippen LogP contribution in [0.15, 0.2) is 47.6 Å². The van der Waals surface area contributed by atoms with Crippen molar-refractivity contribution in [2.75, 3.05) is 0 Å². The summed E-state index contributed by atoms with van der Waals surface area (Å²) in [6.45, 7) is 0. The molecule has 8 heteroatoms. The molecule has 3 aromatic rings. The smallest absolute Gasteiger partial charge is 0.216 e. The molecule has 0 atom stereocenters. The zero-order valence-corrected chi connectivity index (χ0v) is 14.6. The average Bonchev–Trinajstić information content (AvgIpc) is 2.90. The summed E-state index contributed by atoms with van der Waals surface area (Å²) in [5.41, 5.74) is 1.39. The lowest BCUT2D eigenvalue weighted by Gasteiger charge is -2.03. The second-order valence-electron chi connectivity index (χ2n) is 4.53. The van der Waals surface area contributed by atoms with Crippen LogP contribution in [0.4, 0.5) is 0 Å². The van der Waals surface area contributed by atoms with Crippen molar-refractivity contribution in [2.24, 2.45) is 5.10 Å². The van der Waals surface area contributed by atoms with Gasteiger partial charge in [-0.3, -0.25) is 0 Å². The highest BCUT2D eigenvalue weighted by Gasteiger charge is 2.11. The number of rotatable bonds is 3.